The highest BCUT2D eigenvalue weighted by atomic mass is 32.2. The highest BCUT2D eigenvalue weighted by Crippen LogP contribution is 2.38. The van der Waals surface area contributed by atoms with Crippen LogP contribution in [-0.2, 0) is 21.3 Å². The van der Waals surface area contributed by atoms with Gasteiger partial charge in [0, 0.05) is 24.7 Å². The van der Waals surface area contributed by atoms with Gasteiger partial charge in [0.15, 0.2) is 5.76 Å². The van der Waals surface area contributed by atoms with Crippen molar-refractivity contribution in [2.45, 2.75) is 38.1 Å². The lowest BCUT2D eigenvalue weighted by atomic mass is 10.0. The molecule has 1 heterocycles. The van der Waals surface area contributed by atoms with E-state index in [2.05, 4.69) is 18.7 Å². The van der Waals surface area contributed by atoms with Gasteiger partial charge in [-0.05, 0) is 55.8 Å². The zero-order valence-corrected chi connectivity index (χ0v) is 22.7. The predicted octanol–water partition coefficient (Wildman–Crippen LogP) is 5.35. The number of benzene rings is 3. The summed E-state index contributed by atoms with van der Waals surface area (Å²) in [6.07, 6.45) is 2.13. The number of hydrogen-bond acceptors (Lipinski definition) is 6. The number of Topliss-reactive ketones (excluding diaryl/α,β-unsaturated/α-hetero) is 1. The molecular weight excluding hydrogens is 500 g/mol. The number of hydrogen-bond donors (Lipinski definition) is 0. The number of likely N-dealkylation sites (N-methyl/N-ethyl adjacent to an activating group) is 1. The van der Waals surface area contributed by atoms with Crippen LogP contribution >= 0.6 is 0 Å². The van der Waals surface area contributed by atoms with Gasteiger partial charge in [-0.15, -0.1) is 0 Å². The molecule has 0 spiro atoms. The summed E-state index contributed by atoms with van der Waals surface area (Å²) in [5.41, 5.74) is 1.63. The van der Waals surface area contributed by atoms with Gasteiger partial charge >= 0.3 is 5.97 Å². The number of ether oxygens (including phenoxy) is 1. The molecule has 1 aliphatic heterocycles. The van der Waals surface area contributed by atoms with E-state index in [1.54, 1.807) is 60.7 Å². The first-order valence-corrected chi connectivity index (χ1v) is 14.2. The molecular formula is C30H32N2O5S. The molecule has 198 valence electrons. The molecule has 1 aliphatic rings. The highest BCUT2D eigenvalue weighted by Gasteiger charge is 2.39. The molecule has 3 aromatic rings. The zero-order chi connectivity index (χ0) is 27.3. The third-order valence-corrected chi connectivity index (χ3v) is 8.24. The van der Waals surface area contributed by atoms with Gasteiger partial charge < -0.3 is 4.74 Å². The number of carbonyl (C=O) groups is 2. The van der Waals surface area contributed by atoms with Gasteiger partial charge in [-0.3, -0.25) is 14.0 Å². The number of fused-ring (bicyclic) bond motifs is 1. The quantitative estimate of drug-likeness (QED) is 0.259. The molecule has 0 unspecified atom stereocenters. The first-order valence-electron chi connectivity index (χ1n) is 12.7. The minimum Gasteiger partial charge on any atom is -0.420 e. The summed E-state index contributed by atoms with van der Waals surface area (Å²) >= 11 is 0. The Morgan fingerprint density at radius 1 is 0.816 bits per heavy atom. The molecule has 0 aromatic heterocycles. The normalized spacial score (nSPS) is 14.4. The predicted molar refractivity (Wildman–Crippen MR) is 147 cm³/mol. The maximum atomic E-state index is 13.5. The van der Waals surface area contributed by atoms with Crippen molar-refractivity contribution in [3.05, 3.63) is 107 Å². The summed E-state index contributed by atoms with van der Waals surface area (Å²) in [6.45, 7) is 7.09. The van der Waals surface area contributed by atoms with Gasteiger partial charge in [-0.1, -0.05) is 68.4 Å². The fourth-order valence-corrected chi connectivity index (χ4v) is 5.94. The van der Waals surface area contributed by atoms with Crippen molar-refractivity contribution >= 4 is 27.5 Å². The number of allylic oxidation sites excluding steroid dienone is 1. The SMILES string of the molecule is CCCN(CCC)Cc1ccc(C(=O)OC2=C(C(=O)c3ccccc3)N(C)S(=O)(=O)c3ccccc32)cc1. The Morgan fingerprint density at radius 2 is 1.42 bits per heavy atom. The third-order valence-electron chi connectivity index (χ3n) is 6.42. The Bertz CT molecular complexity index is 1440. The van der Waals surface area contributed by atoms with Gasteiger partial charge in [0.2, 0.25) is 5.78 Å². The summed E-state index contributed by atoms with van der Waals surface area (Å²) in [4.78, 5) is 29.2. The number of esters is 1. The van der Waals surface area contributed by atoms with Gasteiger partial charge in [-0.25, -0.2) is 13.2 Å². The Balaban J connectivity index is 1.70. The van der Waals surface area contributed by atoms with Crippen LogP contribution in [-0.4, -0.2) is 49.5 Å². The largest absolute Gasteiger partial charge is 0.420 e. The maximum Gasteiger partial charge on any atom is 0.343 e. The van der Waals surface area contributed by atoms with E-state index in [0.717, 1.165) is 42.3 Å². The molecule has 0 fully saturated rings. The number of rotatable bonds is 10. The first-order chi connectivity index (χ1) is 18.3. The summed E-state index contributed by atoms with van der Waals surface area (Å²) in [5, 5.41) is 0. The second-order valence-electron chi connectivity index (χ2n) is 9.20. The van der Waals surface area contributed by atoms with Gasteiger partial charge in [0.05, 0.1) is 10.5 Å². The van der Waals surface area contributed by atoms with Crippen LogP contribution in [0.25, 0.3) is 5.76 Å². The van der Waals surface area contributed by atoms with Crippen molar-refractivity contribution in [3.8, 4) is 0 Å². The molecule has 0 bridgehead atoms. The van der Waals surface area contributed by atoms with E-state index in [1.807, 2.05) is 12.1 Å². The Hall–Kier alpha value is -3.75. The average Bonchev–Trinajstić information content (AvgIpc) is 2.93. The molecule has 0 saturated carbocycles. The van der Waals surface area contributed by atoms with Gasteiger partial charge in [0.25, 0.3) is 10.0 Å². The van der Waals surface area contributed by atoms with Crippen LogP contribution in [0.15, 0.2) is 89.5 Å². The number of nitrogens with zero attached hydrogens (tertiary/aromatic N) is 2. The Morgan fingerprint density at radius 3 is 2.05 bits per heavy atom. The van der Waals surface area contributed by atoms with Crippen LogP contribution in [0.5, 0.6) is 0 Å². The van der Waals surface area contributed by atoms with Crippen LogP contribution in [0.4, 0.5) is 0 Å². The van der Waals surface area contributed by atoms with E-state index in [4.69, 9.17) is 4.74 Å². The number of sulfonamides is 1. The first kappa shape index (κ1) is 27.3. The molecule has 0 amide bonds. The molecule has 0 aliphatic carbocycles. The summed E-state index contributed by atoms with van der Waals surface area (Å²) in [6, 6.07) is 21.7. The van der Waals surface area contributed by atoms with Crippen LogP contribution in [0, 0.1) is 0 Å². The number of ketones is 1. The molecule has 0 saturated heterocycles. The van der Waals surface area contributed by atoms with E-state index in [9.17, 15) is 18.0 Å². The standard InChI is InChI=1S/C30H32N2O5S/c1-4-19-32(20-5-2)21-22-15-17-24(18-16-22)30(34)37-29-25-13-9-10-14-26(25)38(35,36)31(3)27(29)28(33)23-11-7-6-8-12-23/h6-18H,4-5,19-21H2,1-3H3. The van der Waals surface area contributed by atoms with E-state index in [-0.39, 0.29) is 27.5 Å². The minimum absolute atomic E-state index is 0.0304. The summed E-state index contributed by atoms with van der Waals surface area (Å²) in [5.74, 6) is -1.32. The van der Waals surface area contributed by atoms with Crippen molar-refractivity contribution < 1.29 is 22.7 Å². The highest BCUT2D eigenvalue weighted by molar-refractivity contribution is 7.89. The molecule has 4 rings (SSSR count). The lowest BCUT2D eigenvalue weighted by molar-refractivity contribution is 0.0686. The Labute approximate surface area is 224 Å². The topological polar surface area (TPSA) is 84.0 Å². The molecule has 38 heavy (non-hydrogen) atoms. The van der Waals surface area contributed by atoms with Crippen LogP contribution in [0.3, 0.4) is 0 Å². The second-order valence-corrected chi connectivity index (χ2v) is 11.1. The van der Waals surface area contributed by atoms with E-state index >= 15 is 0 Å². The van der Waals surface area contributed by atoms with Crippen LogP contribution in [0.1, 0.15) is 58.5 Å². The minimum atomic E-state index is -4.02. The van der Waals surface area contributed by atoms with Crippen molar-refractivity contribution in [1.29, 1.82) is 0 Å². The van der Waals surface area contributed by atoms with E-state index in [0.29, 0.717) is 5.56 Å². The van der Waals surface area contributed by atoms with E-state index in [1.165, 1.54) is 13.1 Å². The fourth-order valence-electron chi connectivity index (χ4n) is 4.55. The van der Waals surface area contributed by atoms with Crippen molar-refractivity contribution in [1.82, 2.24) is 9.21 Å². The van der Waals surface area contributed by atoms with Crippen molar-refractivity contribution in [3.63, 3.8) is 0 Å². The molecule has 0 N–H and O–H groups in total. The third kappa shape index (κ3) is 5.56. The van der Waals surface area contributed by atoms with Crippen LogP contribution < -0.4 is 0 Å². The van der Waals surface area contributed by atoms with Crippen molar-refractivity contribution in [2.75, 3.05) is 20.1 Å². The lowest BCUT2D eigenvalue weighted by Crippen LogP contribution is -2.36. The molecule has 0 atom stereocenters. The van der Waals surface area contributed by atoms with Crippen LogP contribution in [0.2, 0.25) is 0 Å². The van der Waals surface area contributed by atoms with Crippen molar-refractivity contribution in [2.24, 2.45) is 0 Å². The monoisotopic (exact) mass is 532 g/mol. The smallest absolute Gasteiger partial charge is 0.343 e. The Kier molecular flexibility index (Phi) is 8.44. The lowest BCUT2D eigenvalue weighted by Gasteiger charge is -2.30. The second kappa shape index (κ2) is 11.8. The molecule has 0 radical (unpaired) electrons. The average molecular weight is 533 g/mol. The summed E-state index contributed by atoms with van der Waals surface area (Å²) < 4.78 is 33.2. The fraction of sp³-hybridized carbons (Fsp3) is 0.267. The van der Waals surface area contributed by atoms with Gasteiger partial charge in [-0.2, -0.15) is 0 Å². The molecule has 8 heteroatoms. The van der Waals surface area contributed by atoms with E-state index < -0.39 is 21.8 Å². The summed E-state index contributed by atoms with van der Waals surface area (Å²) in [7, 11) is -2.73. The number of carbonyl (C=O) groups excluding carboxylic acids is 2. The van der Waals surface area contributed by atoms with Gasteiger partial charge in [0.1, 0.15) is 5.70 Å². The molecule has 7 nitrogen and oxygen atoms in total. The maximum absolute atomic E-state index is 13.5. The zero-order valence-electron chi connectivity index (χ0n) is 21.9. The molecule has 3 aromatic carbocycles.